The number of aryl methyl sites for hydroxylation is 3. The van der Waals surface area contributed by atoms with Gasteiger partial charge in [-0.2, -0.15) is 0 Å². The van der Waals surface area contributed by atoms with Gasteiger partial charge in [-0.1, -0.05) is 69.5 Å². The highest BCUT2D eigenvalue weighted by atomic mass is 15.0. The first-order chi connectivity index (χ1) is 16.0. The Morgan fingerprint density at radius 1 is 0.853 bits per heavy atom. The van der Waals surface area contributed by atoms with E-state index in [4.69, 9.17) is 0 Å². The predicted molar refractivity (Wildman–Crippen MR) is 151 cm³/mol. The van der Waals surface area contributed by atoms with Gasteiger partial charge in [-0.3, -0.25) is 4.98 Å². The lowest BCUT2D eigenvalue weighted by molar-refractivity contribution is 0.734. The van der Waals surface area contributed by atoms with E-state index in [0.717, 1.165) is 25.8 Å². The van der Waals surface area contributed by atoms with Crippen molar-refractivity contribution in [2.75, 3.05) is 0 Å². The average Bonchev–Trinajstić information content (AvgIpc) is 3.04. The molecular formula is C32H48N2. The number of nitrogens with zero attached hydrogens (tertiary/aromatic N) is 2. The largest absolute Gasteiger partial charge is 0.344 e. The van der Waals surface area contributed by atoms with Gasteiger partial charge in [-0.15, -0.1) is 6.58 Å². The molecule has 0 aliphatic heterocycles. The summed E-state index contributed by atoms with van der Waals surface area (Å²) < 4.78 is 2.45. The third-order valence-corrected chi connectivity index (χ3v) is 6.28. The fourth-order valence-corrected chi connectivity index (χ4v) is 4.37. The number of pyridine rings is 1. The van der Waals surface area contributed by atoms with Crippen molar-refractivity contribution in [3.63, 3.8) is 0 Å². The van der Waals surface area contributed by atoms with Gasteiger partial charge in [-0.25, -0.2) is 0 Å². The van der Waals surface area contributed by atoms with E-state index in [-0.39, 0.29) is 0 Å². The molecule has 0 bridgehead atoms. The van der Waals surface area contributed by atoms with Crippen LogP contribution >= 0.6 is 0 Å². The van der Waals surface area contributed by atoms with Crippen molar-refractivity contribution >= 4 is 0 Å². The van der Waals surface area contributed by atoms with Crippen LogP contribution in [0.25, 0.3) is 0 Å². The number of aromatic nitrogens is 2. The van der Waals surface area contributed by atoms with Crippen LogP contribution in [-0.2, 0) is 19.4 Å². The zero-order valence-electron chi connectivity index (χ0n) is 23.5. The average molecular weight is 461 g/mol. The molecule has 0 aliphatic carbocycles. The van der Waals surface area contributed by atoms with Crippen LogP contribution in [0, 0.1) is 27.7 Å². The predicted octanol–water partition coefficient (Wildman–Crippen LogP) is 9.07. The monoisotopic (exact) mass is 460 g/mol. The van der Waals surface area contributed by atoms with Crippen molar-refractivity contribution < 1.29 is 0 Å². The molecule has 186 valence electrons. The Labute approximate surface area is 210 Å². The molecule has 0 atom stereocenters. The van der Waals surface area contributed by atoms with Crippen molar-refractivity contribution in [3.8, 4) is 0 Å². The first kappa shape index (κ1) is 29.4. The second-order valence-electron chi connectivity index (χ2n) is 9.67. The van der Waals surface area contributed by atoms with Crippen LogP contribution in [0.15, 0.2) is 54.9 Å². The number of allylic oxidation sites excluding steroid dienone is 1. The quantitative estimate of drug-likeness (QED) is 0.335. The Morgan fingerprint density at radius 3 is 1.76 bits per heavy atom. The molecule has 2 heteroatoms. The van der Waals surface area contributed by atoms with E-state index in [0.29, 0.717) is 5.92 Å². The number of hydrogen-bond donors (Lipinski definition) is 0. The van der Waals surface area contributed by atoms with E-state index in [1.165, 1.54) is 50.3 Å². The molecule has 0 fully saturated rings. The van der Waals surface area contributed by atoms with Gasteiger partial charge in [0.25, 0.3) is 0 Å². The highest BCUT2D eigenvalue weighted by Crippen LogP contribution is 2.30. The van der Waals surface area contributed by atoms with Crippen LogP contribution < -0.4 is 0 Å². The highest BCUT2D eigenvalue weighted by molar-refractivity contribution is 5.40. The lowest BCUT2D eigenvalue weighted by Crippen LogP contribution is -2.04. The number of hydrogen-bond acceptors (Lipinski definition) is 1. The topological polar surface area (TPSA) is 17.8 Å². The minimum Gasteiger partial charge on any atom is -0.344 e. The van der Waals surface area contributed by atoms with E-state index in [9.17, 15) is 0 Å². The Morgan fingerprint density at radius 2 is 1.38 bits per heavy atom. The molecule has 1 aromatic carbocycles. The molecule has 0 radical (unpaired) electrons. The summed E-state index contributed by atoms with van der Waals surface area (Å²) >= 11 is 0. The summed E-state index contributed by atoms with van der Waals surface area (Å²) in [5.41, 5.74) is 12.7. The Hall–Kier alpha value is -2.61. The molecule has 2 aromatic heterocycles. The SMILES string of the molecule is C=C(C)CC.CCc1c(C(C)C)c(C)n(Cc2ccncc2)c1C.CCc1cc(C)cc(C)c1. The van der Waals surface area contributed by atoms with Crippen LogP contribution in [-0.4, -0.2) is 9.55 Å². The molecule has 2 heterocycles. The van der Waals surface area contributed by atoms with Crippen molar-refractivity contribution in [2.45, 2.75) is 101 Å². The molecule has 0 amide bonds. The summed E-state index contributed by atoms with van der Waals surface area (Å²) in [5, 5.41) is 0. The number of benzene rings is 1. The molecule has 34 heavy (non-hydrogen) atoms. The van der Waals surface area contributed by atoms with Gasteiger partial charge in [0.1, 0.15) is 0 Å². The van der Waals surface area contributed by atoms with Crippen molar-refractivity contribution in [2.24, 2.45) is 0 Å². The molecule has 0 aliphatic rings. The summed E-state index contributed by atoms with van der Waals surface area (Å²) in [4.78, 5) is 4.09. The van der Waals surface area contributed by atoms with E-state index < -0.39 is 0 Å². The maximum Gasteiger partial charge on any atom is 0.0476 e. The normalized spacial score (nSPS) is 10.3. The minimum absolute atomic E-state index is 0.590. The first-order valence-electron chi connectivity index (χ1n) is 12.8. The summed E-state index contributed by atoms with van der Waals surface area (Å²) in [7, 11) is 0. The van der Waals surface area contributed by atoms with Crippen LogP contribution in [0.5, 0.6) is 0 Å². The molecule has 0 spiro atoms. The molecule has 0 saturated heterocycles. The zero-order chi connectivity index (χ0) is 25.8. The van der Waals surface area contributed by atoms with Gasteiger partial charge >= 0.3 is 0 Å². The summed E-state index contributed by atoms with van der Waals surface area (Å²) in [6.45, 7) is 26.6. The third-order valence-electron chi connectivity index (χ3n) is 6.28. The molecule has 0 saturated carbocycles. The smallest absolute Gasteiger partial charge is 0.0476 e. The Kier molecular flexibility index (Phi) is 12.6. The zero-order valence-corrected chi connectivity index (χ0v) is 23.5. The van der Waals surface area contributed by atoms with Crippen LogP contribution in [0.2, 0.25) is 0 Å². The van der Waals surface area contributed by atoms with E-state index in [1.807, 2.05) is 19.3 Å². The molecule has 0 N–H and O–H groups in total. The summed E-state index contributed by atoms with van der Waals surface area (Å²) in [6, 6.07) is 10.9. The molecule has 3 rings (SSSR count). The van der Waals surface area contributed by atoms with Gasteiger partial charge in [0.05, 0.1) is 0 Å². The van der Waals surface area contributed by atoms with Gasteiger partial charge in [-0.05, 0) is 94.2 Å². The standard InChI is InChI=1S/C17H24N2.C10H14.C5H10/c1-6-16-13(4)19(14(5)17(16)12(2)3)11-15-7-9-18-10-8-15;1-4-10-6-8(2)5-9(3)7-10;1-4-5(2)3/h7-10,12H,6,11H2,1-5H3;5-7H,4H2,1-3H3;2,4H2,1,3H3. The van der Waals surface area contributed by atoms with Gasteiger partial charge in [0.15, 0.2) is 0 Å². The van der Waals surface area contributed by atoms with Crippen LogP contribution in [0.3, 0.4) is 0 Å². The second-order valence-corrected chi connectivity index (χ2v) is 9.67. The second kappa shape index (κ2) is 14.6. The fraction of sp³-hybridized carbons (Fsp3) is 0.469. The maximum absolute atomic E-state index is 4.09. The van der Waals surface area contributed by atoms with E-state index in [2.05, 4.69) is 109 Å². The van der Waals surface area contributed by atoms with Crippen molar-refractivity contribution in [3.05, 3.63) is 99.6 Å². The lowest BCUT2D eigenvalue weighted by Gasteiger charge is -2.11. The van der Waals surface area contributed by atoms with Gasteiger partial charge in [0, 0.05) is 30.3 Å². The van der Waals surface area contributed by atoms with Crippen LogP contribution in [0.1, 0.15) is 98.6 Å². The van der Waals surface area contributed by atoms with Gasteiger partial charge < -0.3 is 4.57 Å². The summed E-state index contributed by atoms with van der Waals surface area (Å²) in [6.07, 6.45) is 7.10. The molecule has 3 aromatic rings. The lowest BCUT2D eigenvalue weighted by atomic mass is 9.97. The number of rotatable bonds is 6. The Bertz CT molecular complexity index is 1000. The van der Waals surface area contributed by atoms with Crippen LogP contribution in [0.4, 0.5) is 0 Å². The third kappa shape index (κ3) is 8.97. The summed E-state index contributed by atoms with van der Waals surface area (Å²) in [5.74, 6) is 0.590. The maximum atomic E-state index is 4.09. The fourth-order valence-electron chi connectivity index (χ4n) is 4.37. The Balaban J connectivity index is 0.000000321. The van der Waals surface area contributed by atoms with E-state index >= 15 is 0 Å². The molecular weight excluding hydrogens is 412 g/mol. The first-order valence-corrected chi connectivity index (χ1v) is 12.8. The van der Waals surface area contributed by atoms with E-state index in [1.54, 1.807) is 0 Å². The molecule has 0 unspecified atom stereocenters. The highest BCUT2D eigenvalue weighted by Gasteiger charge is 2.18. The van der Waals surface area contributed by atoms with Gasteiger partial charge in [0.2, 0.25) is 0 Å². The minimum atomic E-state index is 0.590. The molecule has 2 nitrogen and oxygen atoms in total. The van der Waals surface area contributed by atoms with Crippen molar-refractivity contribution in [1.82, 2.24) is 9.55 Å². The van der Waals surface area contributed by atoms with Crippen molar-refractivity contribution in [1.29, 1.82) is 0 Å².